The van der Waals surface area contributed by atoms with Crippen molar-refractivity contribution in [2.75, 3.05) is 32.7 Å². The second-order valence-corrected chi connectivity index (χ2v) is 7.96. The van der Waals surface area contributed by atoms with E-state index in [4.69, 9.17) is 30.5 Å². The zero-order valence-corrected chi connectivity index (χ0v) is 18.3. The van der Waals surface area contributed by atoms with Gasteiger partial charge in [0.05, 0.1) is 24.1 Å². The Morgan fingerprint density at radius 3 is 2.67 bits per heavy atom. The lowest BCUT2D eigenvalue weighted by atomic mass is 10.2. The van der Waals surface area contributed by atoms with E-state index in [1.807, 2.05) is 31.2 Å². The van der Waals surface area contributed by atoms with Crippen LogP contribution < -0.4 is 24.3 Å². The summed E-state index contributed by atoms with van der Waals surface area (Å²) in [5.74, 6) is 1.98. The van der Waals surface area contributed by atoms with Gasteiger partial charge in [-0.15, -0.1) is 11.8 Å². The lowest BCUT2D eigenvalue weighted by Gasteiger charge is -2.18. The fourth-order valence-electron chi connectivity index (χ4n) is 2.94. The fourth-order valence-corrected chi connectivity index (χ4v) is 4.43. The number of nitrogens with one attached hydrogen (secondary N) is 1. The van der Waals surface area contributed by atoms with Crippen LogP contribution in [0.3, 0.4) is 0 Å². The minimum atomic E-state index is -0.864. The average Bonchev–Trinajstić information content (AvgIpc) is 3.23. The van der Waals surface area contributed by atoms with E-state index in [-0.39, 0.29) is 12.0 Å². The van der Waals surface area contributed by atoms with Gasteiger partial charge in [-0.05, 0) is 36.8 Å². The molecule has 162 valence electrons. The molecule has 0 aliphatic carbocycles. The molecule has 0 bridgehead atoms. The molecule has 2 aromatic carbocycles. The molecule has 7 nitrogen and oxygen atoms in total. The lowest BCUT2D eigenvalue weighted by molar-refractivity contribution is -0.138. The Kier molecular flexibility index (Phi) is 7.95. The summed E-state index contributed by atoms with van der Waals surface area (Å²) in [4.78, 5) is 11.2. The number of thioether (sulfide) groups is 1. The van der Waals surface area contributed by atoms with Gasteiger partial charge in [-0.25, -0.2) is 0 Å². The Hall–Kier alpha value is -2.29. The normalized spacial score (nSPS) is 18.1. The van der Waals surface area contributed by atoms with Gasteiger partial charge in [-0.1, -0.05) is 17.7 Å². The van der Waals surface area contributed by atoms with E-state index in [0.717, 1.165) is 5.56 Å². The van der Waals surface area contributed by atoms with Crippen LogP contribution in [0.1, 0.15) is 17.9 Å². The average molecular weight is 454 g/mol. The van der Waals surface area contributed by atoms with Crippen LogP contribution in [0.2, 0.25) is 5.02 Å². The van der Waals surface area contributed by atoms with E-state index >= 15 is 0 Å². The predicted molar refractivity (Wildman–Crippen MR) is 116 cm³/mol. The summed E-state index contributed by atoms with van der Waals surface area (Å²) in [6.45, 7) is 2.91. The fraction of sp³-hybridized carbons (Fsp3) is 0.381. The summed E-state index contributed by atoms with van der Waals surface area (Å²) >= 11 is 7.99. The molecule has 0 saturated carbocycles. The first-order chi connectivity index (χ1) is 14.5. The molecule has 30 heavy (non-hydrogen) atoms. The second-order valence-electron chi connectivity index (χ2n) is 6.41. The van der Waals surface area contributed by atoms with Gasteiger partial charge in [0.15, 0.2) is 11.5 Å². The summed E-state index contributed by atoms with van der Waals surface area (Å²) in [7, 11) is 1.60. The number of ether oxygens (including phenoxy) is 4. The number of methoxy groups -OCH3 is 1. The highest BCUT2D eigenvalue weighted by Crippen LogP contribution is 2.42. The third kappa shape index (κ3) is 5.65. The molecule has 0 radical (unpaired) electrons. The maximum atomic E-state index is 11.2. The minimum absolute atomic E-state index is 0.173. The molecule has 0 amide bonds. The van der Waals surface area contributed by atoms with Crippen molar-refractivity contribution in [2.24, 2.45) is 0 Å². The molecule has 3 rings (SSSR count). The smallest absolute Gasteiger partial charge is 0.321 e. The number of aliphatic carboxylic acids is 1. The summed E-state index contributed by atoms with van der Waals surface area (Å²) in [5, 5.41) is 12.5. The van der Waals surface area contributed by atoms with E-state index in [0.29, 0.717) is 47.0 Å². The van der Waals surface area contributed by atoms with Crippen LogP contribution in [0.25, 0.3) is 0 Å². The van der Waals surface area contributed by atoms with Gasteiger partial charge in [-0.3, -0.25) is 10.1 Å². The number of carbonyl (C=O) groups is 1. The standard InChI is InChI=1S/C21H24ClNO6S/c1-3-27-18-10-13(20-23-17(12-30-20)21(24)25)9-16(22)19(18)29-8-7-28-15-6-4-5-14(11-15)26-2/h4-6,9-11,17,20,23H,3,7-8,12H2,1-2H3,(H,24,25). The van der Waals surface area contributed by atoms with Crippen molar-refractivity contribution in [1.29, 1.82) is 0 Å². The monoisotopic (exact) mass is 453 g/mol. The molecule has 2 aromatic rings. The number of benzene rings is 2. The highest BCUT2D eigenvalue weighted by Gasteiger charge is 2.31. The van der Waals surface area contributed by atoms with Gasteiger partial charge >= 0.3 is 5.97 Å². The van der Waals surface area contributed by atoms with Crippen molar-refractivity contribution in [1.82, 2.24) is 5.32 Å². The van der Waals surface area contributed by atoms with Gasteiger partial charge < -0.3 is 24.1 Å². The maximum Gasteiger partial charge on any atom is 0.321 e. The number of rotatable bonds is 10. The molecule has 2 atom stereocenters. The molecule has 9 heteroatoms. The molecule has 0 aromatic heterocycles. The van der Waals surface area contributed by atoms with Gasteiger partial charge in [0.1, 0.15) is 30.8 Å². The summed E-state index contributed by atoms with van der Waals surface area (Å²) < 4.78 is 22.4. The Balaban J connectivity index is 1.64. The van der Waals surface area contributed by atoms with Crippen LogP contribution in [0.5, 0.6) is 23.0 Å². The molecular formula is C21H24ClNO6S. The number of hydrogen-bond acceptors (Lipinski definition) is 7. The van der Waals surface area contributed by atoms with E-state index < -0.39 is 12.0 Å². The summed E-state index contributed by atoms with van der Waals surface area (Å²) in [6.07, 6.45) is 0. The van der Waals surface area contributed by atoms with Crippen LogP contribution in [0, 0.1) is 0 Å². The Morgan fingerprint density at radius 2 is 1.97 bits per heavy atom. The molecular weight excluding hydrogens is 430 g/mol. The van der Waals surface area contributed by atoms with Crippen molar-refractivity contribution in [3.8, 4) is 23.0 Å². The third-order valence-corrected chi connectivity index (χ3v) is 5.90. The number of halogens is 1. The van der Waals surface area contributed by atoms with E-state index in [1.54, 1.807) is 19.2 Å². The first-order valence-corrected chi connectivity index (χ1v) is 10.9. The van der Waals surface area contributed by atoms with Gasteiger partial charge in [-0.2, -0.15) is 0 Å². The van der Waals surface area contributed by atoms with E-state index in [1.165, 1.54) is 11.8 Å². The Morgan fingerprint density at radius 1 is 1.20 bits per heavy atom. The highest BCUT2D eigenvalue weighted by atomic mass is 35.5. The van der Waals surface area contributed by atoms with Crippen molar-refractivity contribution >= 4 is 29.3 Å². The maximum absolute atomic E-state index is 11.2. The van der Waals surface area contributed by atoms with Crippen molar-refractivity contribution in [3.63, 3.8) is 0 Å². The number of carboxylic acid groups (broad SMARTS) is 1. The van der Waals surface area contributed by atoms with Gasteiger partial charge in [0, 0.05) is 11.8 Å². The summed E-state index contributed by atoms with van der Waals surface area (Å²) in [6, 6.07) is 10.4. The Bertz CT molecular complexity index is 881. The van der Waals surface area contributed by atoms with Crippen LogP contribution >= 0.6 is 23.4 Å². The minimum Gasteiger partial charge on any atom is -0.497 e. The zero-order chi connectivity index (χ0) is 21.5. The molecule has 1 aliphatic heterocycles. The van der Waals surface area contributed by atoms with Crippen molar-refractivity contribution < 1.29 is 28.8 Å². The van der Waals surface area contributed by atoms with Gasteiger partial charge in [0.2, 0.25) is 0 Å². The number of carboxylic acids is 1. The molecule has 1 aliphatic rings. The largest absolute Gasteiger partial charge is 0.497 e. The van der Waals surface area contributed by atoms with Crippen molar-refractivity contribution in [2.45, 2.75) is 18.3 Å². The Labute approximate surface area is 184 Å². The summed E-state index contributed by atoms with van der Waals surface area (Å²) in [5.41, 5.74) is 0.845. The molecule has 1 heterocycles. The molecule has 0 spiro atoms. The SMILES string of the molecule is CCOc1cc(C2NC(C(=O)O)CS2)cc(Cl)c1OCCOc1cccc(OC)c1. The molecule has 2 unspecified atom stereocenters. The van der Waals surface area contributed by atoms with Crippen LogP contribution in [-0.2, 0) is 4.79 Å². The zero-order valence-electron chi connectivity index (χ0n) is 16.7. The van der Waals surface area contributed by atoms with Crippen LogP contribution in [0.4, 0.5) is 0 Å². The lowest BCUT2D eigenvalue weighted by Crippen LogP contribution is -2.33. The first-order valence-electron chi connectivity index (χ1n) is 9.48. The first kappa shape index (κ1) is 22.4. The van der Waals surface area contributed by atoms with E-state index in [2.05, 4.69) is 5.32 Å². The third-order valence-electron chi connectivity index (χ3n) is 4.35. The molecule has 2 N–H and O–H groups in total. The van der Waals surface area contributed by atoms with Crippen molar-refractivity contribution in [3.05, 3.63) is 47.0 Å². The van der Waals surface area contributed by atoms with Gasteiger partial charge in [0.25, 0.3) is 0 Å². The topological polar surface area (TPSA) is 86.3 Å². The predicted octanol–water partition coefficient (Wildman–Crippen LogP) is 3.99. The van der Waals surface area contributed by atoms with Crippen LogP contribution in [-0.4, -0.2) is 49.8 Å². The van der Waals surface area contributed by atoms with E-state index in [9.17, 15) is 9.90 Å². The second kappa shape index (κ2) is 10.7. The highest BCUT2D eigenvalue weighted by molar-refractivity contribution is 7.99. The number of hydrogen-bond donors (Lipinski definition) is 2. The molecule has 1 fully saturated rings. The van der Waals surface area contributed by atoms with Crippen LogP contribution in [0.15, 0.2) is 36.4 Å². The quantitative estimate of drug-likeness (QED) is 0.522. The molecule has 1 saturated heterocycles.